The quantitative estimate of drug-likeness (QED) is 0.937. The SMILES string of the molecule is Cc1cc(C)c2[nH]c(CN(C)C[C@@H]3COCCO3)cc(=O)c2c1. The molecule has 0 radical (unpaired) electrons. The van der Waals surface area contributed by atoms with Gasteiger partial charge < -0.3 is 14.5 Å². The lowest BCUT2D eigenvalue weighted by atomic mass is 10.1. The van der Waals surface area contributed by atoms with E-state index in [1.807, 2.05) is 27.0 Å². The first-order chi connectivity index (χ1) is 11.0. The Morgan fingerprint density at radius 1 is 1.26 bits per heavy atom. The van der Waals surface area contributed by atoms with Crippen molar-refractivity contribution in [1.82, 2.24) is 9.88 Å². The molecule has 0 aliphatic carbocycles. The fourth-order valence-electron chi connectivity index (χ4n) is 3.19. The number of aromatic nitrogens is 1. The molecule has 1 saturated heterocycles. The highest BCUT2D eigenvalue weighted by atomic mass is 16.6. The largest absolute Gasteiger partial charge is 0.376 e. The van der Waals surface area contributed by atoms with E-state index in [9.17, 15) is 4.79 Å². The van der Waals surface area contributed by atoms with Gasteiger partial charge in [0.1, 0.15) is 0 Å². The molecule has 0 unspecified atom stereocenters. The number of rotatable bonds is 4. The van der Waals surface area contributed by atoms with Crippen LogP contribution in [0.3, 0.4) is 0 Å². The van der Waals surface area contributed by atoms with Crippen molar-refractivity contribution in [3.8, 4) is 0 Å². The fraction of sp³-hybridized carbons (Fsp3) is 0.500. The van der Waals surface area contributed by atoms with Crippen LogP contribution in [-0.4, -0.2) is 49.4 Å². The standard InChI is InChI=1S/C18H24N2O3/c1-12-6-13(2)18-16(7-12)17(21)8-14(19-18)9-20(3)10-15-11-22-4-5-23-15/h6-8,15H,4-5,9-11H2,1-3H3,(H,19,21)/t15-/m1/s1. The number of likely N-dealkylation sites (N-methyl/N-ethyl adjacent to an activating group) is 1. The van der Waals surface area contributed by atoms with E-state index in [4.69, 9.17) is 9.47 Å². The van der Waals surface area contributed by atoms with Gasteiger partial charge in [0.2, 0.25) is 0 Å². The predicted molar refractivity (Wildman–Crippen MR) is 90.9 cm³/mol. The highest BCUT2D eigenvalue weighted by Gasteiger charge is 2.17. The maximum atomic E-state index is 12.4. The molecule has 1 aliphatic rings. The third-order valence-electron chi connectivity index (χ3n) is 4.18. The Hall–Kier alpha value is -1.69. The van der Waals surface area contributed by atoms with E-state index in [1.54, 1.807) is 6.07 Å². The maximum Gasteiger partial charge on any atom is 0.189 e. The molecule has 124 valence electrons. The second-order valence-electron chi connectivity index (χ2n) is 6.43. The van der Waals surface area contributed by atoms with Crippen molar-refractivity contribution < 1.29 is 9.47 Å². The highest BCUT2D eigenvalue weighted by Crippen LogP contribution is 2.16. The summed E-state index contributed by atoms with van der Waals surface area (Å²) >= 11 is 0. The summed E-state index contributed by atoms with van der Waals surface area (Å²) in [5, 5.41) is 0.762. The van der Waals surface area contributed by atoms with Gasteiger partial charge in [-0.1, -0.05) is 6.07 Å². The molecule has 0 amide bonds. The van der Waals surface area contributed by atoms with E-state index in [0.717, 1.165) is 34.3 Å². The minimum atomic E-state index is 0.0752. The van der Waals surface area contributed by atoms with Gasteiger partial charge in [-0.15, -0.1) is 0 Å². The predicted octanol–water partition coefficient (Wildman–Crippen LogP) is 1.99. The number of nitrogens with zero attached hydrogens (tertiary/aromatic N) is 1. The summed E-state index contributed by atoms with van der Waals surface area (Å²) in [6.07, 6.45) is 0.102. The van der Waals surface area contributed by atoms with Crippen molar-refractivity contribution in [2.45, 2.75) is 26.5 Å². The molecule has 1 N–H and O–H groups in total. The van der Waals surface area contributed by atoms with Gasteiger partial charge >= 0.3 is 0 Å². The van der Waals surface area contributed by atoms with Crippen LogP contribution in [0.2, 0.25) is 0 Å². The zero-order valence-electron chi connectivity index (χ0n) is 14.0. The van der Waals surface area contributed by atoms with E-state index >= 15 is 0 Å². The van der Waals surface area contributed by atoms with Crippen molar-refractivity contribution in [3.05, 3.63) is 45.2 Å². The molecule has 23 heavy (non-hydrogen) atoms. The number of benzene rings is 1. The normalized spacial score (nSPS) is 18.7. The number of pyridine rings is 1. The van der Waals surface area contributed by atoms with Gasteiger partial charge in [0.15, 0.2) is 5.43 Å². The fourth-order valence-corrected chi connectivity index (χ4v) is 3.19. The van der Waals surface area contributed by atoms with E-state index in [2.05, 4.69) is 16.0 Å². The molecule has 2 heterocycles. The van der Waals surface area contributed by atoms with Crippen LogP contribution in [0.1, 0.15) is 16.8 Å². The summed E-state index contributed by atoms with van der Waals surface area (Å²) in [6, 6.07) is 5.75. The third-order valence-corrected chi connectivity index (χ3v) is 4.18. The first-order valence-electron chi connectivity index (χ1n) is 8.04. The number of nitrogens with one attached hydrogen (secondary N) is 1. The zero-order chi connectivity index (χ0) is 16.4. The second-order valence-corrected chi connectivity index (χ2v) is 6.43. The van der Waals surface area contributed by atoms with Crippen LogP contribution in [-0.2, 0) is 16.0 Å². The van der Waals surface area contributed by atoms with Crippen molar-refractivity contribution in [2.24, 2.45) is 0 Å². The van der Waals surface area contributed by atoms with Crippen LogP contribution in [0.4, 0.5) is 0 Å². The maximum absolute atomic E-state index is 12.4. The van der Waals surface area contributed by atoms with Gasteiger partial charge in [-0.05, 0) is 38.1 Å². The highest BCUT2D eigenvalue weighted by molar-refractivity contribution is 5.82. The van der Waals surface area contributed by atoms with E-state index in [1.165, 1.54) is 0 Å². The van der Waals surface area contributed by atoms with Gasteiger partial charge in [0, 0.05) is 30.2 Å². The number of aromatic amines is 1. The van der Waals surface area contributed by atoms with Gasteiger partial charge in [0.05, 0.1) is 31.4 Å². The minimum absolute atomic E-state index is 0.0752. The molecule has 5 nitrogen and oxygen atoms in total. The molecule has 0 saturated carbocycles. The zero-order valence-corrected chi connectivity index (χ0v) is 14.0. The Bertz CT molecular complexity index is 748. The lowest BCUT2D eigenvalue weighted by molar-refractivity contribution is -0.0963. The van der Waals surface area contributed by atoms with Gasteiger partial charge in [-0.3, -0.25) is 9.69 Å². The van der Waals surface area contributed by atoms with Crippen LogP contribution in [0, 0.1) is 13.8 Å². The van der Waals surface area contributed by atoms with E-state index in [0.29, 0.717) is 26.4 Å². The third kappa shape index (κ3) is 3.80. The van der Waals surface area contributed by atoms with Crippen molar-refractivity contribution in [1.29, 1.82) is 0 Å². The Morgan fingerprint density at radius 2 is 2.09 bits per heavy atom. The van der Waals surface area contributed by atoms with Crippen LogP contribution in [0.15, 0.2) is 23.0 Å². The molecular weight excluding hydrogens is 292 g/mol. The molecule has 0 spiro atoms. The molecule has 0 bridgehead atoms. The van der Waals surface area contributed by atoms with E-state index in [-0.39, 0.29) is 11.5 Å². The smallest absolute Gasteiger partial charge is 0.189 e. The first kappa shape index (κ1) is 16.2. The molecule has 2 aromatic rings. The molecule has 5 heteroatoms. The van der Waals surface area contributed by atoms with Crippen LogP contribution in [0.5, 0.6) is 0 Å². The van der Waals surface area contributed by atoms with Crippen molar-refractivity contribution in [3.63, 3.8) is 0 Å². The van der Waals surface area contributed by atoms with Crippen LogP contribution >= 0.6 is 0 Å². The van der Waals surface area contributed by atoms with Gasteiger partial charge in [-0.2, -0.15) is 0 Å². The van der Waals surface area contributed by atoms with Gasteiger partial charge in [0.25, 0.3) is 0 Å². The van der Waals surface area contributed by atoms with Crippen molar-refractivity contribution >= 4 is 10.9 Å². The first-order valence-corrected chi connectivity index (χ1v) is 8.04. The summed E-state index contributed by atoms with van der Waals surface area (Å²) in [6.45, 7) is 7.48. The number of fused-ring (bicyclic) bond motifs is 1. The van der Waals surface area contributed by atoms with Crippen LogP contribution in [0.25, 0.3) is 10.9 Å². The summed E-state index contributed by atoms with van der Waals surface area (Å²) in [5.41, 5.74) is 4.15. The topological polar surface area (TPSA) is 54.6 Å². The Kier molecular flexibility index (Phi) is 4.80. The number of ether oxygens (including phenoxy) is 2. The molecular formula is C18H24N2O3. The number of H-pyrrole nitrogens is 1. The second kappa shape index (κ2) is 6.83. The summed E-state index contributed by atoms with van der Waals surface area (Å²) < 4.78 is 11.1. The van der Waals surface area contributed by atoms with Gasteiger partial charge in [-0.25, -0.2) is 0 Å². The lowest BCUT2D eigenvalue weighted by Crippen LogP contribution is -2.38. The van der Waals surface area contributed by atoms with Crippen molar-refractivity contribution in [2.75, 3.05) is 33.4 Å². The molecule has 1 aromatic carbocycles. The molecule has 1 aromatic heterocycles. The number of hydrogen-bond donors (Lipinski definition) is 1. The van der Waals surface area contributed by atoms with E-state index < -0.39 is 0 Å². The Balaban J connectivity index is 1.78. The molecule has 1 atom stereocenters. The average molecular weight is 316 g/mol. The number of hydrogen-bond acceptors (Lipinski definition) is 4. The Morgan fingerprint density at radius 3 is 2.83 bits per heavy atom. The van der Waals surface area contributed by atoms with Crippen LogP contribution < -0.4 is 5.43 Å². The monoisotopic (exact) mass is 316 g/mol. The molecule has 1 aliphatic heterocycles. The minimum Gasteiger partial charge on any atom is -0.376 e. The number of aryl methyl sites for hydroxylation is 2. The molecule has 3 rings (SSSR count). The summed E-state index contributed by atoms with van der Waals surface area (Å²) in [4.78, 5) is 18.0. The average Bonchev–Trinajstić information content (AvgIpc) is 2.49. The Labute approximate surface area is 136 Å². The summed E-state index contributed by atoms with van der Waals surface area (Å²) in [7, 11) is 2.03. The summed E-state index contributed by atoms with van der Waals surface area (Å²) in [5.74, 6) is 0. The lowest BCUT2D eigenvalue weighted by Gasteiger charge is -2.27. The molecule has 1 fully saturated rings.